The molecule has 24 heavy (non-hydrogen) atoms. The number of fused-ring (bicyclic) bond motifs is 1. The van der Waals surface area contributed by atoms with Crippen molar-refractivity contribution in [1.82, 2.24) is 5.32 Å². The Hall–Kier alpha value is -2.36. The Morgan fingerprint density at radius 3 is 2.42 bits per heavy atom. The Kier molecular flexibility index (Phi) is 5.60. The second-order valence-electron chi connectivity index (χ2n) is 6.87. The van der Waals surface area contributed by atoms with Crippen molar-refractivity contribution in [2.45, 2.75) is 45.6 Å². The first-order valence-corrected chi connectivity index (χ1v) is 8.30. The molecule has 1 unspecified atom stereocenters. The van der Waals surface area contributed by atoms with Crippen LogP contribution in [0.15, 0.2) is 42.5 Å². The summed E-state index contributed by atoms with van der Waals surface area (Å²) in [5.74, 6) is -0.972. The summed E-state index contributed by atoms with van der Waals surface area (Å²) in [4.78, 5) is 23.3. The highest BCUT2D eigenvalue weighted by molar-refractivity contribution is 5.83. The normalized spacial score (nSPS) is 13.7. The topological polar surface area (TPSA) is 66.4 Å². The molecule has 0 aliphatic heterocycles. The summed E-state index contributed by atoms with van der Waals surface area (Å²) in [6.07, 6.45) is 0.907. The van der Waals surface area contributed by atoms with Crippen LogP contribution in [0.5, 0.6) is 0 Å². The average molecular weight is 327 g/mol. The molecule has 4 nitrogen and oxygen atoms in total. The van der Waals surface area contributed by atoms with Crippen molar-refractivity contribution in [3.05, 3.63) is 48.0 Å². The summed E-state index contributed by atoms with van der Waals surface area (Å²) < 4.78 is 0. The van der Waals surface area contributed by atoms with Crippen LogP contribution in [-0.4, -0.2) is 22.5 Å². The fraction of sp³-hybridized carbons (Fsp3) is 0.400. The molecule has 0 aliphatic carbocycles. The molecule has 2 N–H and O–H groups in total. The number of carbonyl (C=O) groups is 2. The fourth-order valence-corrected chi connectivity index (χ4v) is 2.74. The lowest BCUT2D eigenvalue weighted by molar-refractivity contribution is -0.139. The van der Waals surface area contributed by atoms with Crippen LogP contribution in [0, 0.1) is 5.92 Å². The number of nitrogens with one attached hydrogen (secondary N) is 1. The van der Waals surface area contributed by atoms with E-state index in [2.05, 4.69) is 29.6 Å². The third kappa shape index (κ3) is 4.57. The van der Waals surface area contributed by atoms with Gasteiger partial charge >= 0.3 is 5.97 Å². The molecule has 0 aliphatic rings. The van der Waals surface area contributed by atoms with E-state index in [0.717, 1.165) is 10.9 Å². The van der Waals surface area contributed by atoms with Crippen molar-refractivity contribution in [3.8, 4) is 0 Å². The molecule has 0 saturated carbocycles. The molecule has 1 atom stereocenters. The predicted octanol–water partition coefficient (Wildman–Crippen LogP) is 3.78. The minimum absolute atomic E-state index is 0.0400. The van der Waals surface area contributed by atoms with Gasteiger partial charge in [-0.1, -0.05) is 56.3 Å². The fourth-order valence-electron chi connectivity index (χ4n) is 2.74. The number of carbonyl (C=O) groups excluding carboxylic acids is 1. The molecule has 0 bridgehead atoms. The first kappa shape index (κ1) is 18.0. The number of aryl methyl sites for hydroxylation is 1. The van der Waals surface area contributed by atoms with Crippen LogP contribution in [0.1, 0.15) is 39.2 Å². The largest absolute Gasteiger partial charge is 0.481 e. The van der Waals surface area contributed by atoms with Crippen molar-refractivity contribution in [3.63, 3.8) is 0 Å². The number of rotatable bonds is 7. The lowest BCUT2D eigenvalue weighted by atomic mass is 9.85. The van der Waals surface area contributed by atoms with Crippen molar-refractivity contribution in [2.24, 2.45) is 5.92 Å². The highest BCUT2D eigenvalue weighted by Gasteiger charge is 2.32. The summed E-state index contributed by atoms with van der Waals surface area (Å²) in [6, 6.07) is 14.3. The van der Waals surface area contributed by atoms with E-state index in [1.165, 1.54) is 5.39 Å². The average Bonchev–Trinajstić information content (AvgIpc) is 2.51. The molecule has 0 saturated heterocycles. The monoisotopic (exact) mass is 327 g/mol. The summed E-state index contributed by atoms with van der Waals surface area (Å²) in [5, 5.41) is 14.3. The molecule has 2 aromatic carbocycles. The lowest BCUT2D eigenvalue weighted by Gasteiger charge is -2.33. The standard InChI is InChI=1S/C20H25NO3/c1-14(2)20(3,13-19(23)24)21-18(22)11-9-15-8-10-16-6-4-5-7-17(16)12-15/h4-8,10,12,14H,9,11,13H2,1-3H3,(H,21,22)(H,23,24). The van der Waals surface area contributed by atoms with Gasteiger partial charge in [-0.05, 0) is 35.6 Å². The molecule has 2 aromatic rings. The molecule has 0 aromatic heterocycles. The number of carboxylic acids is 1. The van der Waals surface area contributed by atoms with Crippen LogP contribution in [0.25, 0.3) is 10.8 Å². The molecule has 4 heteroatoms. The Labute approximate surface area is 142 Å². The van der Waals surface area contributed by atoms with Crippen LogP contribution in [0.2, 0.25) is 0 Å². The van der Waals surface area contributed by atoms with Gasteiger partial charge in [0.05, 0.1) is 6.42 Å². The molecule has 0 fully saturated rings. The molecular weight excluding hydrogens is 302 g/mol. The quantitative estimate of drug-likeness (QED) is 0.813. The Bertz CT molecular complexity index is 738. The molecular formula is C20H25NO3. The second kappa shape index (κ2) is 7.47. The third-order valence-electron chi connectivity index (χ3n) is 4.67. The van der Waals surface area contributed by atoms with Gasteiger partial charge in [0.25, 0.3) is 0 Å². The van der Waals surface area contributed by atoms with E-state index >= 15 is 0 Å². The van der Waals surface area contributed by atoms with E-state index in [1.807, 2.05) is 32.0 Å². The lowest BCUT2D eigenvalue weighted by Crippen LogP contribution is -2.51. The van der Waals surface area contributed by atoms with Crippen LogP contribution >= 0.6 is 0 Å². The van der Waals surface area contributed by atoms with E-state index in [0.29, 0.717) is 12.8 Å². The van der Waals surface area contributed by atoms with E-state index in [-0.39, 0.29) is 18.2 Å². The Morgan fingerprint density at radius 1 is 1.12 bits per heavy atom. The molecule has 0 heterocycles. The van der Waals surface area contributed by atoms with Gasteiger partial charge in [-0.3, -0.25) is 9.59 Å². The molecule has 128 valence electrons. The maximum atomic E-state index is 12.3. The first-order valence-electron chi connectivity index (χ1n) is 8.30. The van der Waals surface area contributed by atoms with E-state index < -0.39 is 11.5 Å². The van der Waals surface area contributed by atoms with Crippen LogP contribution in [0.3, 0.4) is 0 Å². The van der Waals surface area contributed by atoms with Gasteiger partial charge in [-0.25, -0.2) is 0 Å². The van der Waals surface area contributed by atoms with Gasteiger partial charge in [-0.15, -0.1) is 0 Å². The highest BCUT2D eigenvalue weighted by Crippen LogP contribution is 2.21. The van der Waals surface area contributed by atoms with Crippen molar-refractivity contribution in [1.29, 1.82) is 0 Å². The van der Waals surface area contributed by atoms with Gasteiger partial charge in [0.2, 0.25) is 5.91 Å². The van der Waals surface area contributed by atoms with E-state index in [1.54, 1.807) is 6.92 Å². The van der Waals surface area contributed by atoms with Crippen molar-refractivity contribution < 1.29 is 14.7 Å². The molecule has 1 amide bonds. The Balaban J connectivity index is 1.99. The van der Waals surface area contributed by atoms with Crippen LogP contribution in [0.4, 0.5) is 0 Å². The SMILES string of the molecule is CC(C)C(C)(CC(=O)O)NC(=O)CCc1ccc2ccccc2c1. The zero-order valence-electron chi connectivity index (χ0n) is 14.5. The first-order chi connectivity index (χ1) is 11.3. The third-order valence-corrected chi connectivity index (χ3v) is 4.67. The number of hydrogen-bond acceptors (Lipinski definition) is 2. The zero-order chi connectivity index (χ0) is 17.7. The summed E-state index contributed by atoms with van der Waals surface area (Å²) in [6.45, 7) is 5.64. The van der Waals surface area contributed by atoms with Gasteiger partial charge < -0.3 is 10.4 Å². The maximum Gasteiger partial charge on any atom is 0.305 e. The number of carboxylic acid groups (broad SMARTS) is 1. The van der Waals surface area contributed by atoms with E-state index in [9.17, 15) is 9.59 Å². The number of aliphatic carboxylic acids is 1. The van der Waals surface area contributed by atoms with Crippen molar-refractivity contribution in [2.75, 3.05) is 0 Å². The second-order valence-corrected chi connectivity index (χ2v) is 6.87. The smallest absolute Gasteiger partial charge is 0.305 e. The number of amides is 1. The van der Waals surface area contributed by atoms with Gasteiger partial charge in [-0.2, -0.15) is 0 Å². The van der Waals surface area contributed by atoms with Gasteiger partial charge in [0, 0.05) is 12.0 Å². The van der Waals surface area contributed by atoms with Crippen LogP contribution in [-0.2, 0) is 16.0 Å². The minimum atomic E-state index is -0.902. The zero-order valence-corrected chi connectivity index (χ0v) is 14.5. The van der Waals surface area contributed by atoms with Crippen LogP contribution < -0.4 is 5.32 Å². The number of hydrogen-bond donors (Lipinski definition) is 2. The minimum Gasteiger partial charge on any atom is -0.481 e. The molecule has 0 spiro atoms. The highest BCUT2D eigenvalue weighted by atomic mass is 16.4. The van der Waals surface area contributed by atoms with Crippen molar-refractivity contribution >= 4 is 22.6 Å². The maximum absolute atomic E-state index is 12.3. The van der Waals surface area contributed by atoms with E-state index in [4.69, 9.17) is 5.11 Å². The molecule has 2 rings (SSSR count). The predicted molar refractivity (Wildman–Crippen MR) is 95.9 cm³/mol. The Morgan fingerprint density at radius 2 is 1.79 bits per heavy atom. The molecule has 0 radical (unpaired) electrons. The van der Waals surface area contributed by atoms with Gasteiger partial charge in [0.1, 0.15) is 0 Å². The van der Waals surface area contributed by atoms with Gasteiger partial charge in [0.15, 0.2) is 0 Å². The number of benzene rings is 2. The summed E-state index contributed by atoms with van der Waals surface area (Å²) in [5.41, 5.74) is 0.375. The summed E-state index contributed by atoms with van der Waals surface area (Å²) in [7, 11) is 0. The summed E-state index contributed by atoms with van der Waals surface area (Å²) >= 11 is 0.